The Hall–Kier alpha value is -1.06. The lowest BCUT2D eigenvalue weighted by molar-refractivity contribution is -0.119. The van der Waals surface area contributed by atoms with E-state index in [4.69, 9.17) is 16.3 Å². The number of nitrogens with zero attached hydrogens (tertiary/aromatic N) is 1. The lowest BCUT2D eigenvalue weighted by Crippen LogP contribution is -2.38. The summed E-state index contributed by atoms with van der Waals surface area (Å²) >= 11 is 5.93. The third-order valence-electron chi connectivity index (χ3n) is 3.28. The molecule has 0 saturated heterocycles. The van der Waals surface area contributed by atoms with Crippen molar-refractivity contribution in [1.29, 1.82) is 0 Å². The third kappa shape index (κ3) is 3.95. The number of aryl methyl sites for hydroxylation is 1. The van der Waals surface area contributed by atoms with Gasteiger partial charge in [-0.05, 0) is 44.2 Å². The van der Waals surface area contributed by atoms with Gasteiger partial charge in [0.2, 0.25) is 5.91 Å². The second kappa shape index (κ2) is 6.40. The maximum absolute atomic E-state index is 12.2. The van der Waals surface area contributed by atoms with Gasteiger partial charge in [0.05, 0.1) is 6.61 Å². The number of rotatable bonds is 6. The summed E-state index contributed by atoms with van der Waals surface area (Å²) in [4.78, 5) is 13.8. The minimum atomic E-state index is -0.552. The van der Waals surface area contributed by atoms with Crippen LogP contribution in [-0.2, 0) is 9.53 Å². The first-order valence-corrected chi connectivity index (χ1v) is 7.12. The Morgan fingerprint density at radius 1 is 1.47 bits per heavy atom. The van der Waals surface area contributed by atoms with Crippen molar-refractivity contribution in [1.82, 2.24) is 0 Å². The van der Waals surface area contributed by atoms with E-state index in [1.165, 1.54) is 12.8 Å². The van der Waals surface area contributed by atoms with Gasteiger partial charge in [-0.1, -0.05) is 18.2 Å². The Balaban J connectivity index is 2.08. The van der Waals surface area contributed by atoms with Crippen molar-refractivity contribution >= 4 is 23.2 Å². The Bertz CT molecular complexity index is 444. The molecule has 0 spiro atoms. The van der Waals surface area contributed by atoms with Crippen LogP contribution in [0.1, 0.15) is 25.3 Å². The van der Waals surface area contributed by atoms with Crippen LogP contribution in [0, 0.1) is 12.8 Å². The largest absolute Gasteiger partial charge is 0.360 e. The molecule has 2 rings (SSSR count). The van der Waals surface area contributed by atoms with E-state index in [2.05, 4.69) is 0 Å². The first-order valence-electron chi connectivity index (χ1n) is 6.68. The van der Waals surface area contributed by atoms with E-state index in [9.17, 15) is 4.79 Å². The number of anilines is 1. The number of carbonyl (C=O) groups excluding carboxylic acids is 1. The van der Waals surface area contributed by atoms with Crippen LogP contribution in [0.25, 0.3) is 0 Å². The van der Waals surface area contributed by atoms with Crippen molar-refractivity contribution in [2.24, 2.45) is 5.92 Å². The molecular weight excluding hydrogens is 262 g/mol. The number of amides is 1. The van der Waals surface area contributed by atoms with Gasteiger partial charge in [-0.25, -0.2) is 0 Å². The highest BCUT2D eigenvalue weighted by Crippen LogP contribution is 2.29. The average Bonchev–Trinajstić information content (AvgIpc) is 3.19. The fourth-order valence-corrected chi connectivity index (χ4v) is 2.05. The van der Waals surface area contributed by atoms with Crippen LogP contribution in [0.15, 0.2) is 24.3 Å². The van der Waals surface area contributed by atoms with Crippen LogP contribution >= 0.6 is 11.6 Å². The summed E-state index contributed by atoms with van der Waals surface area (Å²) in [6, 6.07) is 7.78. The van der Waals surface area contributed by atoms with Gasteiger partial charge in [0.25, 0.3) is 0 Å². The molecule has 104 valence electrons. The normalized spacial score (nSPS) is 16.2. The molecule has 1 aliphatic carbocycles. The molecule has 1 atom stereocenters. The zero-order chi connectivity index (χ0) is 13.8. The number of alkyl halides is 1. The van der Waals surface area contributed by atoms with E-state index in [-0.39, 0.29) is 12.6 Å². The van der Waals surface area contributed by atoms with Crippen molar-refractivity contribution in [3.05, 3.63) is 29.8 Å². The average molecular weight is 282 g/mol. The monoisotopic (exact) mass is 281 g/mol. The Labute approximate surface area is 119 Å². The van der Waals surface area contributed by atoms with Crippen molar-refractivity contribution < 1.29 is 9.53 Å². The smallest absolute Gasteiger partial charge is 0.246 e. The second-order valence-electron chi connectivity index (χ2n) is 5.11. The summed E-state index contributed by atoms with van der Waals surface area (Å²) in [6.07, 6.45) is 2.48. The molecule has 1 aliphatic rings. The van der Waals surface area contributed by atoms with E-state index in [1.807, 2.05) is 31.2 Å². The molecule has 3 nitrogen and oxygen atoms in total. The molecule has 0 N–H and O–H groups in total. The summed E-state index contributed by atoms with van der Waals surface area (Å²) in [5, 5.41) is -0.552. The molecule has 0 radical (unpaired) electrons. The molecule has 1 aromatic rings. The molecule has 1 saturated carbocycles. The summed E-state index contributed by atoms with van der Waals surface area (Å²) < 4.78 is 5.65. The Morgan fingerprint density at radius 2 is 2.16 bits per heavy atom. The van der Waals surface area contributed by atoms with Crippen molar-refractivity contribution in [3.8, 4) is 0 Å². The molecule has 19 heavy (non-hydrogen) atoms. The van der Waals surface area contributed by atoms with E-state index in [1.54, 1.807) is 11.8 Å². The number of benzene rings is 1. The molecule has 0 aliphatic heterocycles. The highest BCUT2D eigenvalue weighted by atomic mass is 35.5. The second-order valence-corrected chi connectivity index (χ2v) is 5.77. The molecule has 1 amide bonds. The van der Waals surface area contributed by atoms with Crippen molar-refractivity contribution in [2.45, 2.75) is 32.1 Å². The van der Waals surface area contributed by atoms with Gasteiger partial charge in [-0.3, -0.25) is 9.69 Å². The number of hydrogen-bond acceptors (Lipinski definition) is 2. The minimum absolute atomic E-state index is 0.119. The molecule has 4 heteroatoms. The quantitative estimate of drug-likeness (QED) is 0.591. The Morgan fingerprint density at radius 3 is 2.74 bits per heavy atom. The molecule has 1 unspecified atom stereocenters. The molecule has 0 heterocycles. The van der Waals surface area contributed by atoms with Crippen LogP contribution in [0.2, 0.25) is 0 Å². The van der Waals surface area contributed by atoms with Crippen LogP contribution in [0.3, 0.4) is 0 Å². The predicted molar refractivity (Wildman–Crippen MR) is 77.5 cm³/mol. The van der Waals surface area contributed by atoms with Gasteiger partial charge < -0.3 is 4.74 Å². The summed E-state index contributed by atoms with van der Waals surface area (Å²) in [7, 11) is 0. The summed E-state index contributed by atoms with van der Waals surface area (Å²) in [5.41, 5.74) is 1.92. The molecule has 0 aromatic heterocycles. The zero-order valence-electron chi connectivity index (χ0n) is 11.4. The molecule has 1 aromatic carbocycles. The van der Waals surface area contributed by atoms with Crippen molar-refractivity contribution in [2.75, 3.05) is 18.2 Å². The maximum atomic E-state index is 12.2. The number of carbonyl (C=O) groups is 1. The number of para-hydroxylation sites is 1. The van der Waals surface area contributed by atoms with E-state index in [0.29, 0.717) is 5.92 Å². The zero-order valence-corrected chi connectivity index (χ0v) is 12.2. The molecule has 0 bridgehead atoms. The lowest BCUT2D eigenvalue weighted by Gasteiger charge is -2.25. The first-order chi connectivity index (χ1) is 9.09. The highest BCUT2D eigenvalue weighted by molar-refractivity contribution is 6.32. The van der Waals surface area contributed by atoms with Gasteiger partial charge in [0.1, 0.15) is 12.1 Å². The first kappa shape index (κ1) is 14.4. The van der Waals surface area contributed by atoms with Gasteiger partial charge >= 0.3 is 0 Å². The van der Waals surface area contributed by atoms with Gasteiger partial charge in [-0.15, -0.1) is 11.6 Å². The predicted octanol–water partition coefficient (Wildman–Crippen LogP) is 3.34. The topological polar surface area (TPSA) is 29.5 Å². The highest BCUT2D eigenvalue weighted by Gasteiger charge is 2.24. The van der Waals surface area contributed by atoms with E-state index in [0.717, 1.165) is 17.9 Å². The lowest BCUT2D eigenvalue weighted by atomic mass is 10.2. The van der Waals surface area contributed by atoms with Crippen LogP contribution in [0.4, 0.5) is 5.69 Å². The number of ether oxygens (including phenoxy) is 1. The maximum Gasteiger partial charge on any atom is 0.246 e. The van der Waals surface area contributed by atoms with Crippen LogP contribution in [0.5, 0.6) is 0 Å². The summed E-state index contributed by atoms with van der Waals surface area (Å²) in [6.45, 7) is 4.68. The SMILES string of the molecule is Cc1ccccc1N(COCC1CC1)C(=O)C(C)Cl. The summed E-state index contributed by atoms with van der Waals surface area (Å²) in [5.74, 6) is 0.564. The van der Waals surface area contributed by atoms with Crippen molar-refractivity contribution in [3.63, 3.8) is 0 Å². The molecule has 1 fully saturated rings. The Kier molecular flexibility index (Phi) is 4.83. The fourth-order valence-electron chi connectivity index (χ4n) is 1.93. The minimum Gasteiger partial charge on any atom is -0.360 e. The standard InChI is InChI=1S/C15H20ClNO2/c1-11-5-3-4-6-14(11)17(15(18)12(2)16)10-19-9-13-7-8-13/h3-6,12-13H,7-10H2,1-2H3. The fraction of sp³-hybridized carbons (Fsp3) is 0.533. The number of hydrogen-bond donors (Lipinski definition) is 0. The number of halogens is 1. The third-order valence-corrected chi connectivity index (χ3v) is 3.47. The van der Waals surface area contributed by atoms with Gasteiger partial charge in [0.15, 0.2) is 0 Å². The van der Waals surface area contributed by atoms with Crippen LogP contribution < -0.4 is 4.90 Å². The molecular formula is C15H20ClNO2. The van der Waals surface area contributed by atoms with E-state index < -0.39 is 5.38 Å². The van der Waals surface area contributed by atoms with Crippen LogP contribution in [-0.4, -0.2) is 24.6 Å². The van der Waals surface area contributed by atoms with Gasteiger partial charge in [0, 0.05) is 5.69 Å². The van der Waals surface area contributed by atoms with E-state index >= 15 is 0 Å². The van der Waals surface area contributed by atoms with Gasteiger partial charge in [-0.2, -0.15) is 0 Å².